The molecule has 1 saturated heterocycles. The molecule has 106 valence electrons. The van der Waals surface area contributed by atoms with E-state index in [4.69, 9.17) is 5.73 Å². The van der Waals surface area contributed by atoms with Gasteiger partial charge in [-0.2, -0.15) is 0 Å². The van der Waals surface area contributed by atoms with Crippen LogP contribution in [0.15, 0.2) is 30.3 Å². The molecule has 1 fully saturated rings. The lowest BCUT2D eigenvalue weighted by molar-refractivity contribution is 0.0360. The summed E-state index contributed by atoms with van der Waals surface area (Å²) < 4.78 is 0. The van der Waals surface area contributed by atoms with Crippen LogP contribution in [-0.4, -0.2) is 29.6 Å². The number of benzene rings is 1. The third-order valence-corrected chi connectivity index (χ3v) is 4.73. The Balaban J connectivity index is 2.00. The summed E-state index contributed by atoms with van der Waals surface area (Å²) in [5.41, 5.74) is 7.69. The molecule has 0 radical (unpaired) electrons. The topological polar surface area (TPSA) is 29.3 Å². The molecule has 2 atom stereocenters. The van der Waals surface area contributed by atoms with Gasteiger partial charge in [0, 0.05) is 18.1 Å². The molecule has 19 heavy (non-hydrogen) atoms. The van der Waals surface area contributed by atoms with Gasteiger partial charge in [-0.15, -0.1) is 0 Å². The first-order valence-corrected chi connectivity index (χ1v) is 7.66. The fourth-order valence-corrected chi connectivity index (χ4v) is 3.32. The van der Waals surface area contributed by atoms with Gasteiger partial charge in [-0.3, -0.25) is 4.90 Å². The van der Waals surface area contributed by atoms with Gasteiger partial charge in [-0.1, -0.05) is 36.8 Å². The van der Waals surface area contributed by atoms with Crippen molar-refractivity contribution in [2.75, 3.05) is 13.1 Å². The second-order valence-electron chi connectivity index (χ2n) is 6.22. The van der Waals surface area contributed by atoms with E-state index in [9.17, 15) is 0 Å². The van der Waals surface area contributed by atoms with Gasteiger partial charge < -0.3 is 5.73 Å². The van der Waals surface area contributed by atoms with E-state index in [0.717, 1.165) is 19.4 Å². The highest BCUT2D eigenvalue weighted by Gasteiger charge is 2.34. The molecule has 2 N–H and O–H groups in total. The second-order valence-corrected chi connectivity index (χ2v) is 6.22. The van der Waals surface area contributed by atoms with Crippen LogP contribution in [0.4, 0.5) is 0 Å². The molecule has 1 heterocycles. The van der Waals surface area contributed by atoms with Crippen LogP contribution in [-0.2, 0) is 6.42 Å². The van der Waals surface area contributed by atoms with Crippen molar-refractivity contribution in [3.05, 3.63) is 35.9 Å². The zero-order valence-corrected chi connectivity index (χ0v) is 12.4. The molecule has 0 saturated carbocycles. The van der Waals surface area contributed by atoms with E-state index < -0.39 is 0 Å². The van der Waals surface area contributed by atoms with Gasteiger partial charge >= 0.3 is 0 Å². The molecule has 0 amide bonds. The van der Waals surface area contributed by atoms with Crippen molar-refractivity contribution < 1.29 is 0 Å². The minimum absolute atomic E-state index is 0.148. The van der Waals surface area contributed by atoms with E-state index in [1.54, 1.807) is 0 Å². The van der Waals surface area contributed by atoms with Gasteiger partial charge in [0.05, 0.1) is 0 Å². The molecule has 1 aromatic carbocycles. The lowest BCUT2D eigenvalue weighted by Crippen LogP contribution is -2.57. The molecule has 0 aromatic heterocycles. The Morgan fingerprint density at radius 2 is 2.00 bits per heavy atom. The standard InChI is InChI=1S/C17H28N2/c1-15-8-6-7-13-19(15)17(2,14-18)12-11-16-9-4-3-5-10-16/h3-5,9-10,15H,6-8,11-14,18H2,1-2H3. The number of nitrogens with zero attached hydrogens (tertiary/aromatic N) is 1. The molecule has 2 heteroatoms. The highest BCUT2D eigenvalue weighted by atomic mass is 15.2. The number of aryl methyl sites for hydroxylation is 1. The van der Waals surface area contributed by atoms with E-state index >= 15 is 0 Å². The fraction of sp³-hybridized carbons (Fsp3) is 0.647. The molecule has 0 bridgehead atoms. The Bertz CT molecular complexity index is 376. The van der Waals surface area contributed by atoms with Crippen molar-refractivity contribution in [3.8, 4) is 0 Å². The average molecular weight is 260 g/mol. The Morgan fingerprint density at radius 1 is 1.26 bits per heavy atom. The molecular weight excluding hydrogens is 232 g/mol. The number of hydrogen-bond donors (Lipinski definition) is 1. The average Bonchev–Trinajstić information content (AvgIpc) is 2.46. The van der Waals surface area contributed by atoms with Crippen LogP contribution >= 0.6 is 0 Å². The van der Waals surface area contributed by atoms with Gasteiger partial charge in [0.2, 0.25) is 0 Å². The van der Waals surface area contributed by atoms with E-state index in [0.29, 0.717) is 6.04 Å². The smallest absolute Gasteiger partial charge is 0.0309 e. The Kier molecular flexibility index (Phi) is 5.00. The summed E-state index contributed by atoms with van der Waals surface area (Å²) in [6.45, 7) is 6.67. The van der Waals surface area contributed by atoms with Crippen LogP contribution in [0, 0.1) is 0 Å². The molecule has 1 aliphatic rings. The summed E-state index contributed by atoms with van der Waals surface area (Å²) in [5.74, 6) is 0. The monoisotopic (exact) mass is 260 g/mol. The highest BCUT2D eigenvalue weighted by molar-refractivity contribution is 5.15. The molecule has 1 aromatic rings. The summed E-state index contributed by atoms with van der Waals surface area (Å²) in [4.78, 5) is 2.65. The van der Waals surface area contributed by atoms with Gasteiger partial charge in [-0.25, -0.2) is 0 Å². The molecule has 1 aliphatic heterocycles. The lowest BCUT2D eigenvalue weighted by atomic mass is 9.87. The van der Waals surface area contributed by atoms with Crippen LogP contribution in [0.25, 0.3) is 0 Å². The van der Waals surface area contributed by atoms with Crippen molar-refractivity contribution in [3.63, 3.8) is 0 Å². The van der Waals surface area contributed by atoms with E-state index in [2.05, 4.69) is 49.1 Å². The van der Waals surface area contributed by atoms with Crippen molar-refractivity contribution >= 4 is 0 Å². The van der Waals surface area contributed by atoms with Gasteiger partial charge in [0.1, 0.15) is 0 Å². The third kappa shape index (κ3) is 3.58. The Hall–Kier alpha value is -0.860. The molecule has 0 aliphatic carbocycles. The summed E-state index contributed by atoms with van der Waals surface area (Å²) in [6, 6.07) is 11.4. The van der Waals surface area contributed by atoms with Crippen LogP contribution < -0.4 is 5.73 Å². The van der Waals surface area contributed by atoms with E-state index in [-0.39, 0.29) is 5.54 Å². The number of nitrogens with two attached hydrogens (primary N) is 1. The van der Waals surface area contributed by atoms with Crippen molar-refractivity contribution in [2.24, 2.45) is 5.73 Å². The second kappa shape index (κ2) is 6.53. The maximum atomic E-state index is 6.12. The van der Waals surface area contributed by atoms with Gasteiger partial charge in [0.25, 0.3) is 0 Å². The zero-order chi connectivity index (χ0) is 13.7. The van der Waals surface area contributed by atoms with Crippen LogP contribution in [0.2, 0.25) is 0 Å². The maximum Gasteiger partial charge on any atom is 0.0309 e. The third-order valence-electron chi connectivity index (χ3n) is 4.73. The first-order valence-electron chi connectivity index (χ1n) is 7.66. The normalized spacial score (nSPS) is 24.1. The molecule has 0 spiro atoms. The lowest BCUT2D eigenvalue weighted by Gasteiger charge is -2.47. The van der Waals surface area contributed by atoms with Gasteiger partial charge in [-0.05, 0) is 51.6 Å². The fourth-order valence-electron chi connectivity index (χ4n) is 3.32. The first kappa shape index (κ1) is 14.5. The molecule has 2 rings (SSSR count). The minimum atomic E-state index is 0.148. The summed E-state index contributed by atoms with van der Waals surface area (Å²) in [7, 11) is 0. The zero-order valence-electron chi connectivity index (χ0n) is 12.4. The molecule has 2 unspecified atom stereocenters. The number of piperidine rings is 1. The molecule has 2 nitrogen and oxygen atoms in total. The Labute approximate surface area is 118 Å². The van der Waals surface area contributed by atoms with Crippen molar-refractivity contribution in [2.45, 2.75) is 57.5 Å². The van der Waals surface area contributed by atoms with Crippen LogP contribution in [0.3, 0.4) is 0 Å². The predicted octanol–water partition coefficient (Wildman–Crippen LogP) is 3.21. The largest absolute Gasteiger partial charge is 0.329 e. The minimum Gasteiger partial charge on any atom is -0.329 e. The van der Waals surface area contributed by atoms with Crippen LogP contribution in [0.5, 0.6) is 0 Å². The molecular formula is C17H28N2. The Morgan fingerprint density at radius 3 is 2.63 bits per heavy atom. The predicted molar refractivity (Wildman–Crippen MR) is 82.2 cm³/mol. The number of likely N-dealkylation sites (tertiary alicyclic amines) is 1. The summed E-state index contributed by atoms with van der Waals surface area (Å²) >= 11 is 0. The first-order chi connectivity index (χ1) is 9.15. The van der Waals surface area contributed by atoms with Gasteiger partial charge in [0.15, 0.2) is 0 Å². The van der Waals surface area contributed by atoms with E-state index in [1.807, 2.05) is 0 Å². The highest BCUT2D eigenvalue weighted by Crippen LogP contribution is 2.28. The van der Waals surface area contributed by atoms with Crippen molar-refractivity contribution in [1.29, 1.82) is 0 Å². The maximum absolute atomic E-state index is 6.12. The number of rotatable bonds is 5. The number of hydrogen-bond acceptors (Lipinski definition) is 2. The summed E-state index contributed by atoms with van der Waals surface area (Å²) in [6.07, 6.45) is 6.29. The summed E-state index contributed by atoms with van der Waals surface area (Å²) in [5, 5.41) is 0. The SMILES string of the molecule is CC1CCCCN1C(C)(CN)CCc1ccccc1. The van der Waals surface area contributed by atoms with Crippen LogP contribution in [0.1, 0.15) is 45.1 Å². The van der Waals surface area contributed by atoms with E-state index in [1.165, 1.54) is 31.4 Å². The quantitative estimate of drug-likeness (QED) is 0.881. The van der Waals surface area contributed by atoms with Crippen molar-refractivity contribution in [1.82, 2.24) is 4.90 Å².